The van der Waals surface area contributed by atoms with Gasteiger partial charge in [0.25, 0.3) is 0 Å². The highest BCUT2D eigenvalue weighted by Crippen LogP contribution is 2.27. The Hall–Kier alpha value is -2.05. The fourth-order valence-corrected chi connectivity index (χ4v) is 3.42. The molecule has 0 atom stereocenters. The van der Waals surface area contributed by atoms with Crippen LogP contribution in [0.4, 0.5) is 5.82 Å². The van der Waals surface area contributed by atoms with E-state index in [4.69, 9.17) is 5.10 Å². The van der Waals surface area contributed by atoms with Gasteiger partial charge in [0.05, 0.1) is 17.1 Å². The van der Waals surface area contributed by atoms with Gasteiger partial charge in [-0.2, -0.15) is 5.10 Å². The van der Waals surface area contributed by atoms with Crippen molar-refractivity contribution in [1.82, 2.24) is 9.78 Å². The van der Waals surface area contributed by atoms with Crippen LogP contribution >= 0.6 is 27.7 Å². The second-order valence-corrected chi connectivity index (χ2v) is 9.17. The van der Waals surface area contributed by atoms with Crippen LogP contribution in [0.3, 0.4) is 0 Å². The number of nitrogens with zero attached hydrogens (tertiary/aromatic N) is 2. The van der Waals surface area contributed by atoms with Crippen LogP contribution in [0.25, 0.3) is 5.69 Å². The Morgan fingerprint density at radius 3 is 2.41 bits per heavy atom. The Balaban J connectivity index is 1.77. The fourth-order valence-electron chi connectivity index (χ4n) is 2.46. The van der Waals surface area contributed by atoms with E-state index in [9.17, 15) is 4.79 Å². The maximum absolute atomic E-state index is 12.5. The van der Waals surface area contributed by atoms with E-state index in [1.165, 1.54) is 11.8 Å². The van der Waals surface area contributed by atoms with Crippen molar-refractivity contribution >= 4 is 39.4 Å². The number of benzene rings is 2. The van der Waals surface area contributed by atoms with Crippen molar-refractivity contribution in [2.24, 2.45) is 0 Å². The summed E-state index contributed by atoms with van der Waals surface area (Å²) in [5.74, 6) is 0.972. The zero-order chi connectivity index (χ0) is 19.4. The molecule has 1 N–H and O–H groups in total. The van der Waals surface area contributed by atoms with Crippen LogP contribution in [0.15, 0.2) is 70.0 Å². The highest BCUT2D eigenvalue weighted by molar-refractivity contribution is 9.10. The monoisotopic (exact) mass is 443 g/mol. The number of para-hydroxylation sites is 1. The lowest BCUT2D eigenvalue weighted by atomic mass is 9.92. The summed E-state index contributed by atoms with van der Waals surface area (Å²) in [5.41, 5.74) is 1.75. The molecule has 0 aliphatic carbocycles. The molecule has 2 aromatic carbocycles. The van der Waals surface area contributed by atoms with Gasteiger partial charge in [-0.25, -0.2) is 4.68 Å². The first-order valence-electron chi connectivity index (χ1n) is 8.67. The van der Waals surface area contributed by atoms with Crippen LogP contribution < -0.4 is 5.32 Å². The fraction of sp³-hybridized carbons (Fsp3) is 0.238. The predicted octanol–water partition coefficient (Wildman–Crippen LogP) is 5.66. The molecule has 0 fully saturated rings. The summed E-state index contributed by atoms with van der Waals surface area (Å²) in [6, 6.07) is 19.7. The van der Waals surface area contributed by atoms with Crippen LogP contribution in [0.2, 0.25) is 0 Å². The van der Waals surface area contributed by atoms with Crippen LogP contribution in [-0.4, -0.2) is 21.4 Å². The quantitative estimate of drug-likeness (QED) is 0.517. The molecule has 1 amide bonds. The van der Waals surface area contributed by atoms with Gasteiger partial charge in [-0.3, -0.25) is 4.79 Å². The zero-order valence-corrected chi connectivity index (χ0v) is 18.0. The molecular formula is C21H22BrN3OS. The summed E-state index contributed by atoms with van der Waals surface area (Å²) in [6.07, 6.45) is 0. The van der Waals surface area contributed by atoms with Crippen molar-refractivity contribution in [3.05, 3.63) is 70.8 Å². The lowest BCUT2D eigenvalue weighted by Gasteiger charge is -2.14. The molecule has 27 heavy (non-hydrogen) atoms. The lowest BCUT2D eigenvalue weighted by molar-refractivity contribution is -0.113. The number of carbonyl (C=O) groups is 1. The molecule has 0 aliphatic rings. The van der Waals surface area contributed by atoms with Gasteiger partial charge in [0.2, 0.25) is 5.91 Å². The van der Waals surface area contributed by atoms with E-state index in [-0.39, 0.29) is 11.3 Å². The number of anilines is 1. The van der Waals surface area contributed by atoms with E-state index in [0.717, 1.165) is 20.7 Å². The van der Waals surface area contributed by atoms with Crippen LogP contribution in [0.1, 0.15) is 26.5 Å². The van der Waals surface area contributed by atoms with Crippen LogP contribution in [-0.2, 0) is 10.2 Å². The Morgan fingerprint density at radius 2 is 1.78 bits per heavy atom. The predicted molar refractivity (Wildman–Crippen MR) is 116 cm³/mol. The largest absolute Gasteiger partial charge is 0.310 e. The van der Waals surface area contributed by atoms with Gasteiger partial charge in [0.15, 0.2) is 0 Å². The molecule has 1 heterocycles. The van der Waals surface area contributed by atoms with Gasteiger partial charge in [-0.05, 0) is 36.4 Å². The number of amides is 1. The summed E-state index contributed by atoms with van der Waals surface area (Å²) < 4.78 is 2.82. The van der Waals surface area contributed by atoms with Gasteiger partial charge in [-0.1, -0.05) is 54.9 Å². The first kappa shape index (κ1) is 19.7. The Labute approximate surface area is 172 Å². The van der Waals surface area contributed by atoms with Crippen molar-refractivity contribution in [3.63, 3.8) is 0 Å². The molecule has 0 bridgehead atoms. The summed E-state index contributed by atoms with van der Waals surface area (Å²) in [7, 11) is 0. The summed E-state index contributed by atoms with van der Waals surface area (Å²) in [4.78, 5) is 13.6. The van der Waals surface area contributed by atoms with Gasteiger partial charge >= 0.3 is 0 Å². The average Bonchev–Trinajstić information content (AvgIpc) is 3.06. The molecule has 3 aromatic rings. The molecule has 0 saturated carbocycles. The van der Waals surface area contributed by atoms with E-state index >= 15 is 0 Å². The highest BCUT2D eigenvalue weighted by atomic mass is 79.9. The zero-order valence-electron chi connectivity index (χ0n) is 15.6. The van der Waals surface area contributed by atoms with E-state index in [1.54, 1.807) is 4.68 Å². The molecule has 140 valence electrons. The molecule has 0 aliphatic heterocycles. The number of aromatic nitrogens is 2. The number of halogens is 1. The normalized spacial score (nSPS) is 11.4. The minimum atomic E-state index is -0.105. The molecule has 6 heteroatoms. The standard InChI is InChI=1S/C21H22BrN3OS/c1-21(2,3)18-13-19(25(24-18)16-7-5-4-6-8-16)23-20(26)14-27-17-11-9-15(22)10-12-17/h4-13H,14H2,1-3H3,(H,23,26). The minimum absolute atomic E-state index is 0.0551. The third-order valence-electron chi connectivity index (χ3n) is 3.93. The van der Waals surface area contributed by atoms with E-state index in [0.29, 0.717) is 11.6 Å². The van der Waals surface area contributed by atoms with Crippen molar-refractivity contribution in [2.45, 2.75) is 31.1 Å². The molecule has 4 nitrogen and oxygen atoms in total. The number of rotatable bonds is 5. The summed E-state index contributed by atoms with van der Waals surface area (Å²) in [6.45, 7) is 6.33. The van der Waals surface area contributed by atoms with Crippen molar-refractivity contribution in [1.29, 1.82) is 0 Å². The highest BCUT2D eigenvalue weighted by Gasteiger charge is 2.21. The van der Waals surface area contributed by atoms with Gasteiger partial charge in [-0.15, -0.1) is 11.8 Å². The molecule has 3 rings (SSSR count). The first-order valence-corrected chi connectivity index (χ1v) is 10.4. The van der Waals surface area contributed by atoms with Crippen LogP contribution in [0, 0.1) is 0 Å². The number of thioether (sulfide) groups is 1. The first-order chi connectivity index (χ1) is 12.8. The van der Waals surface area contributed by atoms with E-state index < -0.39 is 0 Å². The molecule has 0 radical (unpaired) electrons. The third kappa shape index (κ3) is 5.23. The molecule has 0 spiro atoms. The Kier molecular flexibility index (Phi) is 6.07. The maximum Gasteiger partial charge on any atom is 0.235 e. The lowest BCUT2D eigenvalue weighted by Crippen LogP contribution is -2.16. The van der Waals surface area contributed by atoms with E-state index in [2.05, 4.69) is 42.0 Å². The topological polar surface area (TPSA) is 46.9 Å². The minimum Gasteiger partial charge on any atom is -0.310 e. The second-order valence-electron chi connectivity index (χ2n) is 7.20. The van der Waals surface area contributed by atoms with Crippen molar-refractivity contribution in [3.8, 4) is 5.69 Å². The molecular weight excluding hydrogens is 422 g/mol. The van der Waals surface area contributed by atoms with Crippen molar-refractivity contribution in [2.75, 3.05) is 11.1 Å². The molecule has 0 unspecified atom stereocenters. The van der Waals surface area contributed by atoms with E-state index in [1.807, 2.05) is 60.7 Å². The van der Waals surface area contributed by atoms with Gasteiger partial charge in [0, 0.05) is 20.8 Å². The second kappa shape index (κ2) is 8.31. The maximum atomic E-state index is 12.5. The summed E-state index contributed by atoms with van der Waals surface area (Å²) >= 11 is 4.93. The molecule has 0 saturated heterocycles. The van der Waals surface area contributed by atoms with Crippen molar-refractivity contribution < 1.29 is 4.79 Å². The van der Waals surface area contributed by atoms with Gasteiger partial charge < -0.3 is 5.32 Å². The van der Waals surface area contributed by atoms with Crippen LogP contribution in [0.5, 0.6) is 0 Å². The average molecular weight is 444 g/mol. The molecule has 1 aromatic heterocycles. The summed E-state index contributed by atoms with van der Waals surface area (Å²) in [5, 5.41) is 7.74. The smallest absolute Gasteiger partial charge is 0.235 e. The number of hydrogen-bond acceptors (Lipinski definition) is 3. The number of carbonyl (C=O) groups excluding carboxylic acids is 1. The Morgan fingerprint density at radius 1 is 1.11 bits per heavy atom. The number of hydrogen-bond donors (Lipinski definition) is 1. The SMILES string of the molecule is CC(C)(C)c1cc(NC(=O)CSc2ccc(Br)cc2)n(-c2ccccc2)n1. The Bertz CT molecular complexity index is 915. The van der Waals surface area contributed by atoms with Gasteiger partial charge in [0.1, 0.15) is 5.82 Å². The third-order valence-corrected chi connectivity index (χ3v) is 5.47. The number of nitrogens with one attached hydrogen (secondary N) is 1.